The number of nitrogens with zero attached hydrogens (tertiary/aromatic N) is 2. The predicted molar refractivity (Wildman–Crippen MR) is 124 cm³/mol. The molecule has 1 heterocycles. The van der Waals surface area contributed by atoms with Gasteiger partial charge in [-0.05, 0) is 6.07 Å². The second kappa shape index (κ2) is 12.3. The minimum absolute atomic E-state index is 0.0582. The summed E-state index contributed by atoms with van der Waals surface area (Å²) in [4.78, 5) is 16.2. The number of hydrogen-bond donors (Lipinski definition) is 1. The summed E-state index contributed by atoms with van der Waals surface area (Å²) in [6.45, 7) is -0.405. The lowest BCUT2D eigenvalue weighted by Crippen LogP contribution is -2.20. The van der Waals surface area contributed by atoms with E-state index in [2.05, 4.69) is 15.3 Å². The molecule has 3 rings (SSSR count). The zero-order valence-corrected chi connectivity index (χ0v) is 21.1. The number of sulfone groups is 1. The number of aromatic nitrogens is 2. The molecule has 1 aromatic heterocycles. The summed E-state index contributed by atoms with van der Waals surface area (Å²) >= 11 is 0. The molecule has 3 aromatic rings. The van der Waals surface area contributed by atoms with Crippen LogP contribution in [0.1, 0.15) is 6.92 Å². The third kappa shape index (κ3) is 8.56. The van der Waals surface area contributed by atoms with Gasteiger partial charge in [-0.1, -0.05) is 6.92 Å². The number of aldehydes is 1. The number of methoxy groups -OCH3 is 2. The summed E-state index contributed by atoms with van der Waals surface area (Å²) < 4.78 is 124. The van der Waals surface area contributed by atoms with Crippen molar-refractivity contribution >= 4 is 38.5 Å². The highest BCUT2D eigenvalue weighted by atomic mass is 32.2. The predicted octanol–water partition coefficient (Wildman–Crippen LogP) is 5.01. The molecule has 0 amide bonds. The molecule has 214 valence electrons. The van der Waals surface area contributed by atoms with Gasteiger partial charge in [0.1, 0.15) is 40.1 Å². The molecule has 9 nitrogen and oxygen atoms in total. The van der Waals surface area contributed by atoms with Crippen LogP contribution in [0, 0.1) is 5.82 Å². The average molecular weight is 587 g/mol. The van der Waals surface area contributed by atoms with Gasteiger partial charge in [-0.2, -0.15) is 26.3 Å². The van der Waals surface area contributed by atoms with E-state index >= 15 is 0 Å². The van der Waals surface area contributed by atoms with E-state index in [1.54, 1.807) is 6.07 Å². The van der Waals surface area contributed by atoms with Crippen molar-refractivity contribution in [2.45, 2.75) is 24.2 Å². The van der Waals surface area contributed by atoms with Crippen LogP contribution in [0.15, 0.2) is 35.5 Å². The molecule has 2 aromatic carbocycles. The van der Waals surface area contributed by atoms with Crippen molar-refractivity contribution in [2.75, 3.05) is 31.9 Å². The number of benzene rings is 2. The SMILES string of the molecule is CCS(=O)(=O)c1cc(Nc2ncnc3cc(OC)cc(OC)c23)c(OCC(F)(F)F)cc1F.O=CC(F)(F)F. The number of carbonyl (C=O) groups is 1. The highest BCUT2D eigenvalue weighted by Crippen LogP contribution is 2.38. The molecule has 0 fully saturated rings. The van der Waals surface area contributed by atoms with Gasteiger partial charge in [0.2, 0.25) is 6.29 Å². The Morgan fingerprint density at radius 1 is 0.974 bits per heavy atom. The van der Waals surface area contributed by atoms with Gasteiger partial charge in [0.15, 0.2) is 16.4 Å². The molecular formula is C22H20F7N3O6S. The molecule has 0 saturated heterocycles. The Labute approximate surface area is 216 Å². The summed E-state index contributed by atoms with van der Waals surface area (Å²) in [5.41, 5.74) is 0.121. The highest BCUT2D eigenvalue weighted by molar-refractivity contribution is 7.91. The van der Waals surface area contributed by atoms with Crippen LogP contribution >= 0.6 is 0 Å². The lowest BCUT2D eigenvalue weighted by atomic mass is 10.2. The first kappa shape index (κ1) is 31.3. The van der Waals surface area contributed by atoms with Gasteiger partial charge in [0.05, 0.1) is 36.6 Å². The lowest BCUT2D eigenvalue weighted by molar-refractivity contribution is -0.156. The Kier molecular flexibility index (Phi) is 9.89. The van der Waals surface area contributed by atoms with Gasteiger partial charge in [-0.3, -0.25) is 4.79 Å². The van der Waals surface area contributed by atoms with E-state index in [9.17, 15) is 39.2 Å². The van der Waals surface area contributed by atoms with E-state index in [-0.39, 0.29) is 17.3 Å². The van der Waals surface area contributed by atoms with Crippen LogP contribution in [-0.4, -0.2) is 63.6 Å². The van der Waals surface area contributed by atoms with E-state index in [4.69, 9.17) is 19.0 Å². The standard InChI is InChI=1S/C20H19F4N3O5S.C2HF3O/c1-4-33(28,29)17-8-13(15(7-12(17)21)32-9-20(22,23)24)27-19-18-14(25-10-26-19)5-11(30-2)6-16(18)31-3;3-2(4,5)1-6/h5-8,10H,4,9H2,1-3H3,(H,25,26,27);1H. The molecular weight excluding hydrogens is 567 g/mol. The number of ether oxygens (including phenoxy) is 3. The van der Waals surface area contributed by atoms with Crippen molar-refractivity contribution in [3.8, 4) is 17.2 Å². The van der Waals surface area contributed by atoms with Crippen molar-refractivity contribution in [2.24, 2.45) is 0 Å². The first-order valence-corrected chi connectivity index (χ1v) is 12.1. The van der Waals surface area contributed by atoms with Crippen LogP contribution in [0.4, 0.5) is 42.2 Å². The van der Waals surface area contributed by atoms with Crippen molar-refractivity contribution in [1.29, 1.82) is 0 Å². The maximum atomic E-state index is 14.5. The number of carbonyl (C=O) groups excluding carboxylic acids is 1. The molecule has 0 unspecified atom stereocenters. The van der Waals surface area contributed by atoms with Gasteiger partial charge >= 0.3 is 12.4 Å². The van der Waals surface area contributed by atoms with Gasteiger partial charge in [0, 0.05) is 18.2 Å². The van der Waals surface area contributed by atoms with Gasteiger partial charge < -0.3 is 19.5 Å². The molecule has 0 aliphatic rings. The third-order valence-electron chi connectivity index (χ3n) is 4.66. The summed E-state index contributed by atoms with van der Waals surface area (Å²) in [6, 6.07) is 4.56. The Hall–Kier alpha value is -3.89. The topological polar surface area (TPSA) is 117 Å². The summed E-state index contributed by atoms with van der Waals surface area (Å²) in [7, 11) is -1.21. The first-order valence-electron chi connectivity index (χ1n) is 10.5. The number of halogens is 7. The van der Waals surface area contributed by atoms with Gasteiger partial charge in [-0.25, -0.2) is 22.8 Å². The Balaban J connectivity index is 0.000000798. The van der Waals surface area contributed by atoms with Crippen molar-refractivity contribution < 1.29 is 58.2 Å². The number of fused-ring (bicyclic) bond motifs is 1. The maximum Gasteiger partial charge on any atom is 0.446 e. The normalized spacial score (nSPS) is 11.8. The summed E-state index contributed by atoms with van der Waals surface area (Å²) in [6.07, 6.45) is -9.23. The van der Waals surface area contributed by atoms with E-state index in [0.29, 0.717) is 22.7 Å². The minimum Gasteiger partial charge on any atom is -0.497 e. The van der Waals surface area contributed by atoms with Crippen LogP contribution in [0.25, 0.3) is 10.9 Å². The second-order valence-electron chi connectivity index (χ2n) is 7.32. The number of rotatable bonds is 8. The zero-order chi connectivity index (χ0) is 29.6. The molecule has 0 aliphatic heterocycles. The van der Waals surface area contributed by atoms with Gasteiger partial charge in [0.25, 0.3) is 0 Å². The van der Waals surface area contributed by atoms with E-state index in [1.807, 2.05) is 0 Å². The molecule has 0 aliphatic carbocycles. The van der Waals surface area contributed by atoms with Crippen LogP contribution in [0.2, 0.25) is 0 Å². The quantitative estimate of drug-likeness (QED) is 0.287. The summed E-state index contributed by atoms with van der Waals surface area (Å²) in [5.74, 6) is -1.46. The number of anilines is 2. The molecule has 1 N–H and O–H groups in total. The van der Waals surface area contributed by atoms with Crippen LogP contribution in [0.5, 0.6) is 17.2 Å². The van der Waals surface area contributed by atoms with Crippen molar-refractivity contribution in [1.82, 2.24) is 9.97 Å². The van der Waals surface area contributed by atoms with Crippen LogP contribution in [0.3, 0.4) is 0 Å². The maximum absolute atomic E-state index is 14.5. The largest absolute Gasteiger partial charge is 0.497 e. The first-order chi connectivity index (χ1) is 18.0. The van der Waals surface area contributed by atoms with Crippen LogP contribution < -0.4 is 19.5 Å². The molecule has 39 heavy (non-hydrogen) atoms. The lowest BCUT2D eigenvalue weighted by Gasteiger charge is -2.17. The fourth-order valence-electron chi connectivity index (χ4n) is 2.94. The second-order valence-corrected chi connectivity index (χ2v) is 9.56. The third-order valence-corrected chi connectivity index (χ3v) is 6.40. The Morgan fingerprint density at radius 2 is 1.62 bits per heavy atom. The number of hydrogen-bond acceptors (Lipinski definition) is 9. The van der Waals surface area contributed by atoms with E-state index in [0.717, 1.165) is 6.07 Å². The number of alkyl halides is 6. The molecule has 0 atom stereocenters. The summed E-state index contributed by atoms with van der Waals surface area (Å²) in [5, 5.41) is 3.06. The molecule has 0 saturated carbocycles. The highest BCUT2D eigenvalue weighted by Gasteiger charge is 2.30. The smallest absolute Gasteiger partial charge is 0.446 e. The van der Waals surface area contributed by atoms with E-state index < -0.39 is 57.3 Å². The van der Waals surface area contributed by atoms with Crippen molar-refractivity contribution in [3.63, 3.8) is 0 Å². The zero-order valence-electron chi connectivity index (χ0n) is 20.3. The Morgan fingerprint density at radius 3 is 2.13 bits per heavy atom. The monoisotopic (exact) mass is 587 g/mol. The van der Waals surface area contributed by atoms with Gasteiger partial charge in [-0.15, -0.1) is 0 Å². The average Bonchev–Trinajstić information content (AvgIpc) is 2.87. The molecule has 0 spiro atoms. The minimum atomic E-state index is -4.71. The molecule has 17 heteroatoms. The molecule has 0 radical (unpaired) electrons. The fraction of sp³-hybridized carbons (Fsp3) is 0.318. The van der Waals surface area contributed by atoms with E-state index in [1.165, 1.54) is 33.5 Å². The van der Waals surface area contributed by atoms with Crippen LogP contribution in [-0.2, 0) is 14.6 Å². The fourth-order valence-corrected chi connectivity index (χ4v) is 3.90. The number of nitrogens with one attached hydrogen (secondary N) is 1. The van der Waals surface area contributed by atoms with Crippen molar-refractivity contribution in [3.05, 3.63) is 36.4 Å². The molecule has 0 bridgehead atoms. The Bertz CT molecular complexity index is 1430.